The van der Waals surface area contributed by atoms with Crippen molar-refractivity contribution in [3.63, 3.8) is 0 Å². The SMILES string of the molecule is CCOC(=O)/C(C)=C\[C@H](Cc1ccc([N+](=O)[O-])cc1)NC(=O)OC(C)(C)C. The molecular formula is C19H26N2O6. The molecule has 0 aliphatic rings. The van der Waals surface area contributed by atoms with Crippen molar-refractivity contribution in [3.8, 4) is 0 Å². The topological polar surface area (TPSA) is 108 Å². The number of benzene rings is 1. The van der Waals surface area contributed by atoms with Crippen LogP contribution in [0.5, 0.6) is 0 Å². The quantitative estimate of drug-likeness (QED) is 0.336. The lowest BCUT2D eigenvalue weighted by molar-refractivity contribution is -0.384. The number of amides is 1. The normalized spacial score (nSPS) is 12.9. The van der Waals surface area contributed by atoms with Crippen molar-refractivity contribution in [3.05, 3.63) is 51.6 Å². The predicted molar refractivity (Wildman–Crippen MR) is 100 cm³/mol. The Morgan fingerprint density at radius 1 is 1.26 bits per heavy atom. The molecule has 0 heterocycles. The molecule has 8 nitrogen and oxygen atoms in total. The van der Waals surface area contributed by atoms with E-state index in [0.717, 1.165) is 5.56 Å². The van der Waals surface area contributed by atoms with E-state index in [0.29, 0.717) is 12.0 Å². The van der Waals surface area contributed by atoms with Crippen LogP contribution in [-0.2, 0) is 20.7 Å². The zero-order valence-electron chi connectivity index (χ0n) is 16.3. The van der Waals surface area contributed by atoms with Crippen LogP contribution in [-0.4, -0.2) is 35.2 Å². The first-order valence-electron chi connectivity index (χ1n) is 8.60. The maximum atomic E-state index is 12.1. The molecule has 1 atom stereocenters. The number of nitrogens with zero attached hydrogens (tertiary/aromatic N) is 1. The second-order valence-corrected chi connectivity index (χ2v) is 6.95. The number of nitrogens with one attached hydrogen (secondary N) is 1. The standard InChI is InChI=1S/C19H26N2O6/c1-6-26-17(22)13(2)11-15(20-18(23)27-19(3,4)5)12-14-7-9-16(10-8-14)21(24)25/h7-11,15H,6,12H2,1-5H3,(H,20,23)/b13-11-/t15-/m1/s1. The zero-order chi connectivity index (χ0) is 20.6. The number of nitro benzene ring substituents is 1. The lowest BCUT2D eigenvalue weighted by Gasteiger charge is -2.22. The molecule has 0 aromatic heterocycles. The molecule has 8 heteroatoms. The third-order valence-electron chi connectivity index (χ3n) is 3.35. The predicted octanol–water partition coefficient (Wildman–Crippen LogP) is 3.54. The Hall–Kier alpha value is -2.90. The maximum absolute atomic E-state index is 12.1. The Morgan fingerprint density at radius 2 is 1.85 bits per heavy atom. The average molecular weight is 378 g/mol. The van der Waals surface area contributed by atoms with Gasteiger partial charge in [-0.05, 0) is 46.6 Å². The molecule has 1 rings (SSSR count). The van der Waals surface area contributed by atoms with Gasteiger partial charge >= 0.3 is 12.1 Å². The molecular weight excluding hydrogens is 352 g/mol. The summed E-state index contributed by atoms with van der Waals surface area (Å²) in [4.78, 5) is 34.3. The van der Waals surface area contributed by atoms with E-state index in [1.54, 1.807) is 52.8 Å². The van der Waals surface area contributed by atoms with Crippen molar-refractivity contribution in [2.75, 3.05) is 6.61 Å². The number of esters is 1. The summed E-state index contributed by atoms with van der Waals surface area (Å²) in [6.45, 7) is 8.79. The largest absolute Gasteiger partial charge is 0.463 e. The van der Waals surface area contributed by atoms with Gasteiger partial charge in [-0.3, -0.25) is 10.1 Å². The van der Waals surface area contributed by atoms with Gasteiger partial charge in [0.15, 0.2) is 0 Å². The summed E-state index contributed by atoms with van der Waals surface area (Å²) in [6, 6.07) is 5.44. The fraction of sp³-hybridized carbons (Fsp3) is 0.474. The molecule has 148 valence electrons. The summed E-state index contributed by atoms with van der Waals surface area (Å²) in [5.74, 6) is -0.475. The van der Waals surface area contributed by atoms with Gasteiger partial charge in [0, 0.05) is 17.7 Å². The highest BCUT2D eigenvalue weighted by Gasteiger charge is 2.20. The highest BCUT2D eigenvalue weighted by molar-refractivity contribution is 5.88. The zero-order valence-corrected chi connectivity index (χ0v) is 16.3. The molecule has 0 saturated heterocycles. The van der Waals surface area contributed by atoms with Gasteiger partial charge in [-0.2, -0.15) is 0 Å². The molecule has 0 unspecified atom stereocenters. The molecule has 1 aromatic rings. The molecule has 1 aromatic carbocycles. The molecule has 0 aliphatic heterocycles. The Morgan fingerprint density at radius 3 is 2.33 bits per heavy atom. The van der Waals surface area contributed by atoms with Crippen LogP contribution in [0.25, 0.3) is 0 Å². The number of hydrogen-bond donors (Lipinski definition) is 1. The van der Waals surface area contributed by atoms with E-state index >= 15 is 0 Å². The van der Waals surface area contributed by atoms with E-state index in [1.807, 2.05) is 0 Å². The summed E-state index contributed by atoms with van der Waals surface area (Å²) in [7, 11) is 0. The Balaban J connectivity index is 2.98. The van der Waals surface area contributed by atoms with Crippen molar-refractivity contribution in [1.82, 2.24) is 5.32 Å². The van der Waals surface area contributed by atoms with Crippen LogP contribution in [0.1, 0.15) is 40.2 Å². The average Bonchev–Trinajstić information content (AvgIpc) is 2.53. The third kappa shape index (κ3) is 8.35. The fourth-order valence-corrected chi connectivity index (χ4v) is 2.23. The molecule has 0 bridgehead atoms. The van der Waals surface area contributed by atoms with E-state index in [-0.39, 0.29) is 12.3 Å². The lowest BCUT2D eigenvalue weighted by Crippen LogP contribution is -2.39. The van der Waals surface area contributed by atoms with Gasteiger partial charge < -0.3 is 14.8 Å². The van der Waals surface area contributed by atoms with Gasteiger partial charge in [-0.15, -0.1) is 0 Å². The summed E-state index contributed by atoms with van der Waals surface area (Å²) in [6.07, 6.45) is 1.29. The molecule has 0 aliphatic carbocycles. The van der Waals surface area contributed by atoms with Crippen LogP contribution in [0, 0.1) is 10.1 Å². The molecule has 27 heavy (non-hydrogen) atoms. The van der Waals surface area contributed by atoms with Crippen molar-refractivity contribution in [2.45, 2.75) is 52.7 Å². The van der Waals surface area contributed by atoms with E-state index in [1.165, 1.54) is 12.1 Å². The van der Waals surface area contributed by atoms with Gasteiger partial charge in [0.05, 0.1) is 17.6 Å². The van der Waals surface area contributed by atoms with Crippen LogP contribution < -0.4 is 5.32 Å². The molecule has 0 saturated carbocycles. The number of carbonyl (C=O) groups excluding carboxylic acids is 2. The highest BCUT2D eigenvalue weighted by Crippen LogP contribution is 2.15. The van der Waals surface area contributed by atoms with Gasteiger partial charge in [0.25, 0.3) is 5.69 Å². The summed E-state index contributed by atoms with van der Waals surface area (Å²) in [5, 5.41) is 13.5. The third-order valence-corrected chi connectivity index (χ3v) is 3.35. The number of alkyl carbamates (subject to hydrolysis) is 1. The van der Waals surface area contributed by atoms with Crippen molar-refractivity contribution >= 4 is 17.7 Å². The minimum Gasteiger partial charge on any atom is -0.463 e. The van der Waals surface area contributed by atoms with Gasteiger partial charge in [0.2, 0.25) is 0 Å². The number of non-ortho nitro benzene ring substituents is 1. The van der Waals surface area contributed by atoms with E-state index < -0.39 is 28.6 Å². The summed E-state index contributed by atoms with van der Waals surface area (Å²) < 4.78 is 10.2. The molecule has 0 radical (unpaired) electrons. The number of nitro groups is 1. The van der Waals surface area contributed by atoms with Crippen LogP contribution in [0.15, 0.2) is 35.9 Å². The fourth-order valence-electron chi connectivity index (χ4n) is 2.23. The van der Waals surface area contributed by atoms with E-state index in [2.05, 4.69) is 5.32 Å². The van der Waals surface area contributed by atoms with Crippen LogP contribution in [0.2, 0.25) is 0 Å². The second kappa shape index (κ2) is 9.70. The first-order valence-corrected chi connectivity index (χ1v) is 8.60. The highest BCUT2D eigenvalue weighted by atomic mass is 16.6. The molecule has 1 amide bonds. The first kappa shape index (κ1) is 22.1. The number of hydrogen-bond acceptors (Lipinski definition) is 6. The molecule has 1 N–H and O–H groups in total. The van der Waals surface area contributed by atoms with Crippen molar-refractivity contribution < 1.29 is 24.0 Å². The summed E-state index contributed by atoms with van der Waals surface area (Å²) >= 11 is 0. The number of carbonyl (C=O) groups is 2. The minimum absolute atomic E-state index is 0.0198. The Kier molecular flexibility index (Phi) is 7.96. The van der Waals surface area contributed by atoms with Gasteiger partial charge in [-0.1, -0.05) is 18.2 Å². The minimum atomic E-state index is -0.665. The Labute approximate surface area is 158 Å². The van der Waals surface area contributed by atoms with Gasteiger partial charge in [-0.25, -0.2) is 9.59 Å². The monoisotopic (exact) mass is 378 g/mol. The summed E-state index contributed by atoms with van der Waals surface area (Å²) in [5.41, 5.74) is 0.421. The lowest BCUT2D eigenvalue weighted by atomic mass is 10.0. The van der Waals surface area contributed by atoms with E-state index in [4.69, 9.17) is 9.47 Å². The first-order chi connectivity index (χ1) is 12.5. The Bertz CT molecular complexity index is 704. The van der Waals surface area contributed by atoms with Crippen LogP contribution >= 0.6 is 0 Å². The second-order valence-electron chi connectivity index (χ2n) is 6.95. The van der Waals surface area contributed by atoms with Gasteiger partial charge in [0.1, 0.15) is 5.60 Å². The molecule has 0 fully saturated rings. The van der Waals surface area contributed by atoms with Crippen LogP contribution in [0.3, 0.4) is 0 Å². The number of rotatable bonds is 7. The van der Waals surface area contributed by atoms with Crippen molar-refractivity contribution in [1.29, 1.82) is 0 Å². The number of ether oxygens (including phenoxy) is 2. The van der Waals surface area contributed by atoms with E-state index in [9.17, 15) is 19.7 Å². The van der Waals surface area contributed by atoms with Crippen molar-refractivity contribution in [2.24, 2.45) is 0 Å². The maximum Gasteiger partial charge on any atom is 0.408 e. The smallest absolute Gasteiger partial charge is 0.408 e. The van der Waals surface area contributed by atoms with Crippen LogP contribution in [0.4, 0.5) is 10.5 Å². The molecule has 0 spiro atoms.